The van der Waals surface area contributed by atoms with Gasteiger partial charge in [0.25, 0.3) is 5.91 Å². The van der Waals surface area contributed by atoms with E-state index < -0.39 is 0 Å². The van der Waals surface area contributed by atoms with Crippen molar-refractivity contribution < 1.29 is 14.6 Å². The van der Waals surface area contributed by atoms with Crippen LogP contribution in [0.1, 0.15) is 41.1 Å². The summed E-state index contributed by atoms with van der Waals surface area (Å²) >= 11 is 4.93. The van der Waals surface area contributed by atoms with E-state index in [4.69, 9.17) is 4.74 Å². The van der Waals surface area contributed by atoms with Crippen LogP contribution in [0.3, 0.4) is 0 Å². The van der Waals surface area contributed by atoms with Gasteiger partial charge in [0, 0.05) is 20.3 Å². The van der Waals surface area contributed by atoms with Crippen LogP contribution in [0.25, 0.3) is 0 Å². The number of hydrogen-bond donors (Lipinski definition) is 2. The molecular weight excluding hydrogens is 392 g/mol. The fourth-order valence-corrected chi connectivity index (χ4v) is 3.43. The van der Waals surface area contributed by atoms with Crippen molar-refractivity contribution in [1.29, 1.82) is 0 Å². The number of thiophene rings is 1. The van der Waals surface area contributed by atoms with E-state index in [-0.39, 0.29) is 11.7 Å². The van der Waals surface area contributed by atoms with Crippen LogP contribution in [-0.4, -0.2) is 23.8 Å². The van der Waals surface area contributed by atoms with Crippen molar-refractivity contribution in [1.82, 2.24) is 5.43 Å². The molecule has 0 unspecified atom stereocenters. The molecule has 0 spiro atoms. The Morgan fingerprint density at radius 3 is 2.92 bits per heavy atom. The molecule has 2 aromatic rings. The number of ether oxygens (including phenoxy) is 1. The summed E-state index contributed by atoms with van der Waals surface area (Å²) in [7, 11) is 0. The third-order valence-corrected chi connectivity index (χ3v) is 4.84. The highest BCUT2D eigenvalue weighted by Crippen LogP contribution is 2.31. The third kappa shape index (κ3) is 4.82. The summed E-state index contributed by atoms with van der Waals surface area (Å²) in [6.45, 7) is 4.39. The second kappa shape index (κ2) is 8.84. The maximum absolute atomic E-state index is 12.1. The molecule has 0 atom stereocenters. The summed E-state index contributed by atoms with van der Waals surface area (Å²) in [6.07, 6.45) is 3.53. The van der Waals surface area contributed by atoms with Crippen LogP contribution in [0.5, 0.6) is 11.5 Å². The molecule has 0 aliphatic carbocycles. The van der Waals surface area contributed by atoms with E-state index in [0.29, 0.717) is 28.0 Å². The van der Waals surface area contributed by atoms with Gasteiger partial charge in [-0.1, -0.05) is 13.3 Å². The van der Waals surface area contributed by atoms with Crippen molar-refractivity contribution >= 4 is 39.4 Å². The van der Waals surface area contributed by atoms with Crippen LogP contribution >= 0.6 is 27.3 Å². The van der Waals surface area contributed by atoms with E-state index in [1.165, 1.54) is 17.2 Å². The lowest BCUT2D eigenvalue weighted by atomic mass is 10.2. The monoisotopic (exact) mass is 410 g/mol. The standard InChI is InChI=1S/C17H19BrN2O3S/c1-3-5-13-6-12(10-24-13)17(22)20-19-9-11-7-16(23-4-2)15(21)8-14(11)18/h6-10,21H,3-5H2,1-2H3,(H,20,22)/b19-9+. The highest BCUT2D eigenvalue weighted by molar-refractivity contribution is 9.10. The number of phenols is 1. The molecule has 24 heavy (non-hydrogen) atoms. The minimum absolute atomic E-state index is 0.0478. The van der Waals surface area contributed by atoms with Gasteiger partial charge in [0.15, 0.2) is 11.5 Å². The van der Waals surface area contributed by atoms with Gasteiger partial charge in [-0.2, -0.15) is 5.10 Å². The largest absolute Gasteiger partial charge is 0.504 e. The molecule has 1 amide bonds. The molecule has 1 aromatic carbocycles. The molecule has 5 nitrogen and oxygen atoms in total. The maximum Gasteiger partial charge on any atom is 0.272 e. The van der Waals surface area contributed by atoms with Gasteiger partial charge in [-0.3, -0.25) is 4.79 Å². The van der Waals surface area contributed by atoms with E-state index in [2.05, 4.69) is 33.4 Å². The second-order valence-corrected chi connectivity index (χ2v) is 6.88. The Hall–Kier alpha value is -1.86. The molecule has 1 heterocycles. The SMILES string of the molecule is CCCc1cc(C(=O)N/N=C/c2cc(OCC)c(O)cc2Br)cs1. The molecule has 0 fully saturated rings. The van der Waals surface area contributed by atoms with Gasteiger partial charge in [0.05, 0.1) is 18.4 Å². The first-order valence-corrected chi connectivity index (χ1v) is 9.28. The van der Waals surface area contributed by atoms with Gasteiger partial charge in [-0.15, -0.1) is 11.3 Å². The third-order valence-electron chi connectivity index (χ3n) is 3.16. The number of carbonyl (C=O) groups excluding carboxylic acids is 1. The van der Waals surface area contributed by atoms with Crippen LogP contribution in [0.15, 0.2) is 33.2 Å². The summed E-state index contributed by atoms with van der Waals surface area (Å²) in [4.78, 5) is 13.3. The summed E-state index contributed by atoms with van der Waals surface area (Å²) in [5.41, 5.74) is 3.81. The number of aryl methyl sites for hydroxylation is 1. The van der Waals surface area contributed by atoms with Crippen LogP contribution in [-0.2, 0) is 6.42 Å². The maximum atomic E-state index is 12.1. The first-order valence-electron chi connectivity index (χ1n) is 7.61. The lowest BCUT2D eigenvalue weighted by Gasteiger charge is -2.08. The number of aromatic hydroxyl groups is 1. The van der Waals surface area contributed by atoms with Gasteiger partial charge in [0.1, 0.15) is 0 Å². The van der Waals surface area contributed by atoms with Gasteiger partial charge < -0.3 is 9.84 Å². The zero-order valence-electron chi connectivity index (χ0n) is 13.5. The predicted octanol–water partition coefficient (Wildman–Crippen LogP) is 4.33. The van der Waals surface area contributed by atoms with Crippen molar-refractivity contribution in [3.63, 3.8) is 0 Å². The lowest BCUT2D eigenvalue weighted by Crippen LogP contribution is -2.16. The number of nitrogens with zero attached hydrogens (tertiary/aromatic N) is 1. The van der Waals surface area contributed by atoms with E-state index in [9.17, 15) is 9.90 Å². The topological polar surface area (TPSA) is 70.9 Å². The molecule has 0 saturated heterocycles. The summed E-state index contributed by atoms with van der Waals surface area (Å²) in [5, 5.41) is 15.6. The number of rotatable bonds is 7. The smallest absolute Gasteiger partial charge is 0.272 e. The summed E-state index contributed by atoms with van der Waals surface area (Å²) < 4.78 is 5.99. The molecule has 7 heteroatoms. The predicted molar refractivity (Wildman–Crippen MR) is 100 cm³/mol. The van der Waals surface area contributed by atoms with Crippen LogP contribution in [0.4, 0.5) is 0 Å². The molecule has 0 bridgehead atoms. The first-order chi connectivity index (χ1) is 11.5. The van der Waals surface area contributed by atoms with Gasteiger partial charge in [-0.05, 0) is 47.5 Å². The molecule has 0 radical (unpaired) electrons. The van der Waals surface area contributed by atoms with Crippen LogP contribution < -0.4 is 10.2 Å². The minimum Gasteiger partial charge on any atom is -0.504 e. The number of phenolic OH excluding ortho intramolecular Hbond substituents is 1. The quantitative estimate of drug-likeness (QED) is 0.526. The Bertz CT molecular complexity index is 743. The zero-order valence-corrected chi connectivity index (χ0v) is 15.9. The summed E-state index contributed by atoms with van der Waals surface area (Å²) in [6, 6.07) is 5.08. The summed E-state index contributed by atoms with van der Waals surface area (Å²) in [5.74, 6) is 0.173. The van der Waals surface area contributed by atoms with Gasteiger partial charge >= 0.3 is 0 Å². The molecule has 128 valence electrons. The van der Waals surface area contributed by atoms with E-state index in [0.717, 1.165) is 12.8 Å². The highest BCUT2D eigenvalue weighted by atomic mass is 79.9. The number of amides is 1. The number of carbonyl (C=O) groups is 1. The van der Waals surface area contributed by atoms with E-state index >= 15 is 0 Å². The molecule has 2 rings (SSSR count). The molecule has 2 N–H and O–H groups in total. The van der Waals surface area contributed by atoms with Gasteiger partial charge in [-0.25, -0.2) is 5.43 Å². The molecule has 0 saturated carbocycles. The lowest BCUT2D eigenvalue weighted by molar-refractivity contribution is 0.0955. The van der Waals surface area contributed by atoms with Crippen LogP contribution in [0.2, 0.25) is 0 Å². The zero-order chi connectivity index (χ0) is 17.5. The normalized spacial score (nSPS) is 11.0. The van der Waals surface area contributed by atoms with Crippen molar-refractivity contribution in [3.05, 3.63) is 44.1 Å². The highest BCUT2D eigenvalue weighted by Gasteiger charge is 2.09. The number of benzene rings is 1. The van der Waals surface area contributed by atoms with Crippen molar-refractivity contribution in [3.8, 4) is 11.5 Å². The Labute approximate surface area is 153 Å². The number of hydrogen-bond acceptors (Lipinski definition) is 5. The molecular formula is C17H19BrN2O3S. The Morgan fingerprint density at radius 2 is 2.21 bits per heavy atom. The Morgan fingerprint density at radius 1 is 1.42 bits per heavy atom. The van der Waals surface area contributed by atoms with Crippen LogP contribution in [0, 0.1) is 0 Å². The average Bonchev–Trinajstić information content (AvgIpc) is 3.01. The number of hydrazone groups is 1. The molecule has 0 aliphatic rings. The van der Waals surface area contributed by atoms with Crippen molar-refractivity contribution in [2.45, 2.75) is 26.7 Å². The first kappa shape index (κ1) is 18.5. The minimum atomic E-state index is -0.246. The molecule has 1 aromatic heterocycles. The van der Waals surface area contributed by atoms with E-state index in [1.807, 2.05) is 18.4 Å². The van der Waals surface area contributed by atoms with Crippen molar-refractivity contribution in [2.75, 3.05) is 6.61 Å². The van der Waals surface area contributed by atoms with Crippen molar-refractivity contribution in [2.24, 2.45) is 5.10 Å². The fourth-order valence-electron chi connectivity index (χ4n) is 2.03. The Kier molecular flexibility index (Phi) is 6.81. The molecule has 0 aliphatic heterocycles. The Balaban J connectivity index is 2.05. The fraction of sp³-hybridized carbons (Fsp3) is 0.294. The number of nitrogens with one attached hydrogen (secondary N) is 1. The second-order valence-electron chi connectivity index (χ2n) is 5.03. The number of halogens is 1. The van der Waals surface area contributed by atoms with Gasteiger partial charge in [0.2, 0.25) is 0 Å². The van der Waals surface area contributed by atoms with E-state index in [1.54, 1.807) is 17.4 Å². The average molecular weight is 411 g/mol.